The second kappa shape index (κ2) is 9.03. The van der Waals surface area contributed by atoms with Gasteiger partial charge in [0.05, 0.1) is 13.7 Å². The lowest BCUT2D eigenvalue weighted by molar-refractivity contribution is -0.128. The van der Waals surface area contributed by atoms with Crippen molar-refractivity contribution in [3.63, 3.8) is 0 Å². The minimum atomic E-state index is -0.593. The molecular weight excluding hydrogens is 358 g/mol. The SMILES string of the molecule is CC[C@@H](Oc1ccccc1C)C(=O)NCc1nc(-c2ccc(OC)cc2)no1. The van der Waals surface area contributed by atoms with E-state index in [0.717, 1.165) is 16.9 Å². The average Bonchev–Trinajstić information content (AvgIpc) is 3.20. The molecule has 0 fully saturated rings. The van der Waals surface area contributed by atoms with Gasteiger partial charge in [0.2, 0.25) is 11.7 Å². The second-order valence-corrected chi connectivity index (χ2v) is 6.24. The molecular formula is C21H23N3O4. The summed E-state index contributed by atoms with van der Waals surface area (Å²) in [5.74, 6) is 2.00. The van der Waals surface area contributed by atoms with E-state index in [2.05, 4.69) is 15.5 Å². The van der Waals surface area contributed by atoms with Crippen LogP contribution in [0, 0.1) is 6.92 Å². The number of carbonyl (C=O) groups is 1. The highest BCUT2D eigenvalue weighted by atomic mass is 16.5. The number of benzene rings is 2. The number of nitrogens with zero attached hydrogens (tertiary/aromatic N) is 2. The smallest absolute Gasteiger partial charge is 0.261 e. The normalized spacial score (nSPS) is 11.7. The fourth-order valence-electron chi connectivity index (χ4n) is 2.62. The number of nitrogens with one attached hydrogen (secondary N) is 1. The minimum Gasteiger partial charge on any atom is -0.497 e. The van der Waals surface area contributed by atoms with Crippen LogP contribution in [0.25, 0.3) is 11.4 Å². The van der Waals surface area contributed by atoms with Crippen LogP contribution in [0.1, 0.15) is 24.8 Å². The summed E-state index contributed by atoms with van der Waals surface area (Å²) in [6, 6.07) is 14.9. The number of aromatic nitrogens is 2. The van der Waals surface area contributed by atoms with Crippen LogP contribution in [0.3, 0.4) is 0 Å². The molecule has 28 heavy (non-hydrogen) atoms. The zero-order chi connectivity index (χ0) is 19.9. The van der Waals surface area contributed by atoms with E-state index in [9.17, 15) is 4.79 Å². The Morgan fingerprint density at radius 3 is 2.61 bits per heavy atom. The van der Waals surface area contributed by atoms with E-state index < -0.39 is 6.10 Å². The molecule has 1 N–H and O–H groups in total. The van der Waals surface area contributed by atoms with Crippen molar-refractivity contribution in [1.29, 1.82) is 0 Å². The van der Waals surface area contributed by atoms with Gasteiger partial charge in [0.15, 0.2) is 6.10 Å². The standard InChI is InChI=1S/C21H23N3O4/c1-4-17(27-18-8-6-5-7-14(18)2)21(25)22-13-19-23-20(24-28-19)15-9-11-16(26-3)12-10-15/h5-12,17H,4,13H2,1-3H3,(H,22,25)/t17-/m1/s1. The predicted molar refractivity (Wildman–Crippen MR) is 104 cm³/mol. The summed E-state index contributed by atoms with van der Waals surface area (Å²) < 4.78 is 16.2. The highest BCUT2D eigenvalue weighted by molar-refractivity contribution is 5.81. The summed E-state index contributed by atoms with van der Waals surface area (Å²) in [4.78, 5) is 16.8. The van der Waals surface area contributed by atoms with E-state index in [0.29, 0.717) is 23.9 Å². The fraction of sp³-hybridized carbons (Fsp3) is 0.286. The fourth-order valence-corrected chi connectivity index (χ4v) is 2.62. The molecule has 2 aromatic carbocycles. The Kier molecular flexibility index (Phi) is 6.26. The molecule has 7 nitrogen and oxygen atoms in total. The van der Waals surface area contributed by atoms with E-state index in [1.54, 1.807) is 7.11 Å². The summed E-state index contributed by atoms with van der Waals surface area (Å²) in [5, 5.41) is 6.75. The predicted octanol–water partition coefficient (Wildman–Crippen LogP) is 3.53. The highest BCUT2D eigenvalue weighted by Crippen LogP contribution is 2.20. The third-order valence-corrected chi connectivity index (χ3v) is 4.26. The lowest BCUT2D eigenvalue weighted by Gasteiger charge is -2.18. The summed E-state index contributed by atoms with van der Waals surface area (Å²) >= 11 is 0. The van der Waals surface area contributed by atoms with Gasteiger partial charge in [-0.3, -0.25) is 4.79 Å². The van der Waals surface area contributed by atoms with Gasteiger partial charge in [-0.1, -0.05) is 30.3 Å². The van der Waals surface area contributed by atoms with Gasteiger partial charge in [0.1, 0.15) is 11.5 Å². The van der Waals surface area contributed by atoms with Crippen molar-refractivity contribution >= 4 is 5.91 Å². The number of rotatable bonds is 8. The first-order valence-corrected chi connectivity index (χ1v) is 9.07. The van der Waals surface area contributed by atoms with Crippen LogP contribution in [0.2, 0.25) is 0 Å². The Morgan fingerprint density at radius 2 is 1.93 bits per heavy atom. The van der Waals surface area contributed by atoms with Crippen molar-refractivity contribution in [2.24, 2.45) is 0 Å². The average molecular weight is 381 g/mol. The maximum atomic E-state index is 12.5. The third-order valence-electron chi connectivity index (χ3n) is 4.26. The summed E-state index contributed by atoms with van der Waals surface area (Å²) in [5.41, 5.74) is 1.78. The minimum absolute atomic E-state index is 0.135. The Balaban J connectivity index is 1.59. The van der Waals surface area contributed by atoms with Crippen LogP contribution in [0.4, 0.5) is 0 Å². The molecule has 1 atom stereocenters. The summed E-state index contributed by atoms with van der Waals surface area (Å²) in [6.45, 7) is 3.98. The van der Waals surface area contributed by atoms with Gasteiger partial charge < -0.3 is 19.3 Å². The molecule has 0 saturated heterocycles. The molecule has 0 unspecified atom stereocenters. The molecule has 0 spiro atoms. The molecule has 1 aromatic heterocycles. The lowest BCUT2D eigenvalue weighted by Crippen LogP contribution is -2.37. The topological polar surface area (TPSA) is 86.5 Å². The number of para-hydroxylation sites is 1. The van der Waals surface area contributed by atoms with Gasteiger partial charge in [-0.05, 0) is 49.2 Å². The first kappa shape index (κ1) is 19.4. The monoisotopic (exact) mass is 381 g/mol. The first-order valence-electron chi connectivity index (χ1n) is 9.07. The lowest BCUT2D eigenvalue weighted by atomic mass is 10.2. The summed E-state index contributed by atoms with van der Waals surface area (Å²) in [7, 11) is 1.61. The maximum absolute atomic E-state index is 12.5. The number of methoxy groups -OCH3 is 1. The molecule has 0 aliphatic heterocycles. The maximum Gasteiger partial charge on any atom is 0.261 e. The van der Waals surface area contributed by atoms with E-state index in [1.165, 1.54) is 0 Å². The number of hydrogen-bond acceptors (Lipinski definition) is 6. The Morgan fingerprint density at radius 1 is 1.18 bits per heavy atom. The van der Waals surface area contributed by atoms with Gasteiger partial charge in [-0.25, -0.2) is 0 Å². The molecule has 1 amide bonds. The zero-order valence-electron chi connectivity index (χ0n) is 16.1. The van der Waals surface area contributed by atoms with Crippen LogP contribution >= 0.6 is 0 Å². The zero-order valence-corrected chi connectivity index (χ0v) is 16.1. The van der Waals surface area contributed by atoms with Gasteiger partial charge in [-0.2, -0.15) is 4.98 Å². The molecule has 3 rings (SSSR count). The van der Waals surface area contributed by atoms with E-state index in [4.69, 9.17) is 14.0 Å². The van der Waals surface area contributed by atoms with Crippen molar-refractivity contribution < 1.29 is 18.8 Å². The summed E-state index contributed by atoms with van der Waals surface area (Å²) in [6.07, 6.45) is -0.0498. The number of aryl methyl sites for hydroxylation is 1. The first-order chi connectivity index (χ1) is 13.6. The van der Waals surface area contributed by atoms with Gasteiger partial charge >= 0.3 is 0 Å². The molecule has 0 aliphatic rings. The van der Waals surface area contributed by atoms with Crippen molar-refractivity contribution in [3.05, 3.63) is 60.0 Å². The molecule has 7 heteroatoms. The molecule has 1 heterocycles. The number of hydrogen-bond donors (Lipinski definition) is 1. The van der Waals surface area contributed by atoms with Crippen LogP contribution in [-0.4, -0.2) is 29.3 Å². The van der Waals surface area contributed by atoms with Gasteiger partial charge in [-0.15, -0.1) is 0 Å². The van der Waals surface area contributed by atoms with Crippen molar-refractivity contribution in [1.82, 2.24) is 15.5 Å². The molecule has 146 valence electrons. The van der Waals surface area contributed by atoms with Crippen LogP contribution in [-0.2, 0) is 11.3 Å². The second-order valence-electron chi connectivity index (χ2n) is 6.24. The van der Waals surface area contributed by atoms with E-state index >= 15 is 0 Å². The van der Waals surface area contributed by atoms with Gasteiger partial charge in [0, 0.05) is 5.56 Å². The number of carbonyl (C=O) groups excluding carboxylic acids is 1. The van der Waals surface area contributed by atoms with Crippen molar-refractivity contribution in [2.45, 2.75) is 32.9 Å². The largest absolute Gasteiger partial charge is 0.497 e. The Hall–Kier alpha value is -3.35. The number of amides is 1. The van der Waals surface area contributed by atoms with Crippen LogP contribution in [0.15, 0.2) is 53.1 Å². The molecule has 0 bridgehead atoms. The Labute approximate surface area is 163 Å². The number of ether oxygens (including phenoxy) is 2. The quantitative estimate of drug-likeness (QED) is 0.642. The van der Waals surface area contributed by atoms with Crippen molar-refractivity contribution in [2.75, 3.05) is 7.11 Å². The molecule has 0 radical (unpaired) electrons. The van der Waals surface area contributed by atoms with Crippen LogP contribution < -0.4 is 14.8 Å². The van der Waals surface area contributed by atoms with E-state index in [1.807, 2.05) is 62.4 Å². The van der Waals surface area contributed by atoms with Crippen molar-refractivity contribution in [3.8, 4) is 22.9 Å². The van der Waals surface area contributed by atoms with E-state index in [-0.39, 0.29) is 12.5 Å². The van der Waals surface area contributed by atoms with Gasteiger partial charge in [0.25, 0.3) is 5.91 Å². The third kappa shape index (κ3) is 4.68. The molecule has 0 saturated carbocycles. The Bertz CT molecular complexity index is 921. The molecule has 0 aliphatic carbocycles. The van der Waals surface area contributed by atoms with Crippen LogP contribution in [0.5, 0.6) is 11.5 Å². The highest BCUT2D eigenvalue weighted by Gasteiger charge is 2.20. The molecule has 3 aromatic rings.